The Balaban J connectivity index is 0.000000246. The van der Waals surface area contributed by atoms with Gasteiger partial charge >= 0.3 is 55.0 Å². The van der Waals surface area contributed by atoms with Gasteiger partial charge in [-0.25, -0.2) is 47.6 Å². The summed E-state index contributed by atoms with van der Waals surface area (Å²) < 4.78 is 102. The number of halogens is 9. The molecule has 6 saturated carbocycles. The Labute approximate surface area is 796 Å². The Kier molecular flexibility index (Phi) is 41.7. The zero-order chi connectivity index (χ0) is 99.3. The number of amides is 2. The SMILES string of the molecule is CC(C)(C)OC(=O)N(Cc1ccsc1)[C@H](c1cn(C2(C#N)CC2)nn1)C1CCCCC1.CC(C)(C)OC(=O)OC(=O)OC(C)(C)C.CC(C)(C)OC(=O)OC(=O)OC(C)(C)C.Clc1nc(Cl)nc(Cl)n1.N#CC1(n2cc([C@@H](CCc3ccsc3)C3CCCCC3)nn2)CC1.NC(=O)C1(n2cc([C@@H](CCc3ccsc3)C3CCCCC3)nn2)CC1.O=C(O)C(F)(F)F.O=C(O)C(F)(F)F. The highest BCUT2D eigenvalue weighted by atomic mass is 35.5. The summed E-state index contributed by atoms with van der Waals surface area (Å²) in [6.07, 6.45) is 19.5. The predicted octanol–water partition coefficient (Wildman–Crippen LogP) is 22.5. The van der Waals surface area contributed by atoms with E-state index < -0.39 is 93.5 Å². The fourth-order valence-corrected chi connectivity index (χ4v) is 17.0. The van der Waals surface area contributed by atoms with E-state index in [2.05, 4.69) is 113 Å². The van der Waals surface area contributed by atoms with E-state index in [0.717, 1.165) is 118 Å². The summed E-state index contributed by atoms with van der Waals surface area (Å²) in [5.41, 5.74) is 7.51. The molecule has 4 N–H and O–H groups in total. The first-order valence-electron chi connectivity index (χ1n) is 43.4. The number of aryl methyl sites for hydroxylation is 2. The lowest BCUT2D eigenvalue weighted by atomic mass is 9.76. The third-order valence-corrected chi connectivity index (χ3v) is 23.7. The van der Waals surface area contributed by atoms with Gasteiger partial charge in [0.05, 0.1) is 48.5 Å². The van der Waals surface area contributed by atoms with E-state index in [0.29, 0.717) is 30.2 Å². The lowest BCUT2D eigenvalue weighted by molar-refractivity contribution is -0.193. The van der Waals surface area contributed by atoms with Crippen LogP contribution in [-0.4, -0.2) is 164 Å². The van der Waals surface area contributed by atoms with Crippen LogP contribution in [0.2, 0.25) is 15.9 Å². The normalized spacial score (nSPS) is 16.9. The molecule has 0 spiro atoms. The number of alkyl halides is 6. The summed E-state index contributed by atoms with van der Waals surface area (Å²) in [5.74, 6) is -3.19. The van der Waals surface area contributed by atoms with Gasteiger partial charge in [0.1, 0.15) is 39.2 Å². The highest BCUT2D eigenvalue weighted by Gasteiger charge is 2.53. The second kappa shape index (κ2) is 49.6. The van der Waals surface area contributed by atoms with Crippen molar-refractivity contribution < 1.29 is 108 Å². The minimum atomic E-state index is -5.08. The van der Waals surface area contributed by atoms with Crippen molar-refractivity contribution in [2.45, 2.75) is 346 Å². The summed E-state index contributed by atoms with van der Waals surface area (Å²) in [5, 5.41) is 72.6. The van der Waals surface area contributed by atoms with Gasteiger partial charge in [-0.1, -0.05) is 73.4 Å². The van der Waals surface area contributed by atoms with Gasteiger partial charge in [0, 0.05) is 18.0 Å². The van der Waals surface area contributed by atoms with Gasteiger partial charge in [0.2, 0.25) is 21.8 Å². The fraction of sp³-hybridized carbons (Fsp3) is 0.648. The average molecular weight is 1990 g/mol. The van der Waals surface area contributed by atoms with Gasteiger partial charge in [-0.3, -0.25) is 9.69 Å². The number of ether oxygens (including phenoxy) is 7. The molecule has 0 radical (unpaired) electrons. The number of carbonyl (C=O) groups is 8. The minimum Gasteiger partial charge on any atom is -0.475 e. The first kappa shape index (κ1) is 112. The average Bonchev–Trinajstić information content (AvgIpc) is 1.59. The van der Waals surface area contributed by atoms with E-state index in [1.807, 2.05) is 54.2 Å². The highest BCUT2D eigenvalue weighted by molar-refractivity contribution is 7.08. The summed E-state index contributed by atoms with van der Waals surface area (Å²) >= 11 is 21.1. The Morgan fingerprint density at radius 1 is 0.466 bits per heavy atom. The molecule has 0 bridgehead atoms. The van der Waals surface area contributed by atoms with Gasteiger partial charge in [-0.05, 0) is 326 Å². The van der Waals surface area contributed by atoms with E-state index in [4.69, 9.17) is 84.0 Å². The van der Waals surface area contributed by atoms with E-state index >= 15 is 0 Å². The Hall–Kier alpha value is -9.88. The molecule has 6 fully saturated rings. The van der Waals surface area contributed by atoms with Crippen LogP contribution in [-0.2, 0) is 83.5 Å². The maximum Gasteiger partial charge on any atom is 0.519 e. The smallest absolute Gasteiger partial charge is 0.475 e. The number of hydrogen-bond donors (Lipinski definition) is 3. The summed E-state index contributed by atoms with van der Waals surface area (Å²) in [4.78, 5) is 99.2. The van der Waals surface area contributed by atoms with Crippen LogP contribution in [0.1, 0.15) is 303 Å². The number of rotatable bonds is 19. The predicted molar refractivity (Wildman–Crippen MR) is 481 cm³/mol. The Bertz CT molecular complexity index is 4760. The standard InChI is InChI=1S/C23H31N5O2S.C19H26N4OS.C19H24N4S.2C10H18O5.C3Cl3N3.2C2HF3O2/c1-22(2,3)30-21(29)27(13-17-9-12-31-15-17)20(18-7-5-4-6-8-18)19-14-28(26-25-19)23(16-24)10-11-23;20-18(24)19(9-10-19)23-12-17(21-22-23)16(15-4-2-1-3-5-15)7-6-14-8-11-25-13-14;20-14-19(9-10-19)23-12-18(21-22-23)17(16-4-2-1-3-5-16)7-6-15-8-11-24-13-15;2*1-9(2,3)14-7(11)13-8(12)15-10(4,5)6;4-1-7-2(5)9-3(6)8-1;2*3-2(4,5)1(6)7/h9,12,14-15,18,20H,4-8,10-11,13H2,1-3H3;8,11-13,15-16H,1-7,9-10H2,(H2,20,24);8,11-13,16-17H,1-7,9-10H2;2*1-6H3;;2*(H,6,7)/t20-;16-;17-;;;;;/m000...../s1. The molecule has 7 aromatic rings. The third kappa shape index (κ3) is 39.9. The molecule has 0 aromatic carbocycles. The first-order valence-corrected chi connectivity index (χ1v) is 47.4. The number of nitriles is 2. The van der Waals surface area contributed by atoms with Crippen molar-refractivity contribution in [3.05, 3.63) is 119 Å². The van der Waals surface area contributed by atoms with E-state index in [-0.39, 0.29) is 33.9 Å². The number of aliphatic carboxylic acids is 2. The molecule has 133 heavy (non-hydrogen) atoms. The fourth-order valence-electron chi connectivity index (χ4n) is 14.3. The number of aromatic nitrogens is 12. The topological polar surface area (TPSA) is 449 Å². The number of thiophene rings is 3. The van der Waals surface area contributed by atoms with Crippen molar-refractivity contribution in [1.29, 1.82) is 10.5 Å². The van der Waals surface area contributed by atoms with Gasteiger partial charge in [0.25, 0.3) is 0 Å². The molecule has 734 valence electrons. The van der Waals surface area contributed by atoms with Crippen LogP contribution >= 0.6 is 68.8 Å². The minimum absolute atomic E-state index is 0.000000000000000444. The Morgan fingerprint density at radius 3 is 1.04 bits per heavy atom. The van der Waals surface area contributed by atoms with Crippen LogP contribution in [0.3, 0.4) is 0 Å². The second-order valence-corrected chi connectivity index (χ2v) is 41.0. The van der Waals surface area contributed by atoms with Crippen LogP contribution < -0.4 is 5.73 Å². The zero-order valence-corrected chi connectivity index (χ0v) is 81.9. The van der Waals surface area contributed by atoms with Crippen LogP contribution in [0.25, 0.3) is 0 Å². The Morgan fingerprint density at radius 2 is 0.759 bits per heavy atom. The quantitative estimate of drug-likeness (QED) is 0.0293. The number of nitrogens with zero attached hydrogens (tertiary/aromatic N) is 15. The third-order valence-electron chi connectivity index (χ3n) is 21.0. The molecule has 0 aliphatic heterocycles. The van der Waals surface area contributed by atoms with Gasteiger partial charge in [0.15, 0.2) is 11.1 Å². The van der Waals surface area contributed by atoms with Crippen molar-refractivity contribution >= 4 is 117 Å². The number of carboxylic acid groups (broad SMARTS) is 2. The molecule has 7 aromatic heterocycles. The van der Waals surface area contributed by atoms with Crippen molar-refractivity contribution in [3.63, 3.8) is 0 Å². The molecule has 0 saturated heterocycles. The summed E-state index contributed by atoms with van der Waals surface area (Å²) in [7, 11) is 0. The number of hydrogen-bond acceptors (Lipinski definition) is 29. The number of primary amides is 1. The molecule has 3 atom stereocenters. The van der Waals surface area contributed by atoms with Crippen molar-refractivity contribution in [3.8, 4) is 12.1 Å². The van der Waals surface area contributed by atoms with E-state index in [1.54, 1.807) is 126 Å². The molecular weight excluding hydrogens is 1870 g/mol. The second-order valence-electron chi connectivity index (χ2n) is 37.7. The van der Waals surface area contributed by atoms with E-state index in [9.17, 15) is 65.6 Å². The van der Waals surface area contributed by atoms with Gasteiger partial charge in [-0.2, -0.15) is 85.8 Å². The highest BCUT2D eigenvalue weighted by Crippen LogP contribution is 2.48. The van der Waals surface area contributed by atoms with Gasteiger partial charge in [-0.15, -0.1) is 15.3 Å². The lowest BCUT2D eigenvalue weighted by Crippen LogP contribution is -2.42. The monoisotopic (exact) mass is 1990 g/mol. The summed E-state index contributed by atoms with van der Waals surface area (Å²) in [6, 6.07) is 11.1. The van der Waals surface area contributed by atoms with Crippen LogP contribution in [0.15, 0.2) is 69.1 Å². The molecule has 45 heteroatoms. The molecule has 7 heterocycles. The van der Waals surface area contributed by atoms with Crippen molar-refractivity contribution in [1.82, 2.24) is 64.8 Å². The molecule has 6 aliphatic rings. The van der Waals surface area contributed by atoms with Crippen LogP contribution in [0, 0.1) is 40.4 Å². The van der Waals surface area contributed by atoms with Crippen molar-refractivity contribution in [2.24, 2.45) is 23.5 Å². The number of carboxylic acids is 2. The first-order chi connectivity index (χ1) is 61.9. The number of carbonyl (C=O) groups excluding carboxylic acids is 6. The molecule has 0 unspecified atom stereocenters. The molecule has 2 amide bonds. The molecule has 13 rings (SSSR count). The lowest BCUT2D eigenvalue weighted by Gasteiger charge is -2.38. The largest absolute Gasteiger partial charge is 0.519 e. The van der Waals surface area contributed by atoms with E-state index in [1.165, 1.54) is 81.8 Å². The maximum atomic E-state index is 13.4. The zero-order valence-electron chi connectivity index (χ0n) is 77.2. The molecular formula is C88H119Cl3F6N16O17S3. The molecule has 6 aliphatic carbocycles. The van der Waals surface area contributed by atoms with Crippen LogP contribution in [0.4, 0.5) is 50.3 Å². The van der Waals surface area contributed by atoms with Crippen LogP contribution in [0.5, 0.6) is 0 Å². The maximum absolute atomic E-state index is 13.4. The molecule has 33 nitrogen and oxygen atoms in total. The number of nitrogens with two attached hydrogens (primary N) is 1. The summed E-state index contributed by atoms with van der Waals surface area (Å²) in [6.45, 7) is 26.2. The van der Waals surface area contributed by atoms with Crippen molar-refractivity contribution in [2.75, 3.05) is 0 Å². The van der Waals surface area contributed by atoms with Gasteiger partial charge < -0.3 is 49.1 Å².